The number of nitrogens with zero attached hydrogens (tertiary/aromatic N) is 3. The number of para-hydroxylation sites is 1. The zero-order valence-corrected chi connectivity index (χ0v) is 21.1. The molecule has 184 valence electrons. The van der Waals surface area contributed by atoms with E-state index >= 15 is 0 Å². The first-order valence-electron chi connectivity index (χ1n) is 11.3. The van der Waals surface area contributed by atoms with Gasteiger partial charge in [-0.25, -0.2) is 23.4 Å². The predicted octanol–water partition coefficient (Wildman–Crippen LogP) is 2.43. The summed E-state index contributed by atoms with van der Waals surface area (Å²) in [6.45, 7) is 4.43. The van der Waals surface area contributed by atoms with Crippen LogP contribution < -0.4 is 10.5 Å². The van der Waals surface area contributed by atoms with Gasteiger partial charge in [-0.1, -0.05) is 56.3 Å². The van der Waals surface area contributed by atoms with Crippen LogP contribution in [0.5, 0.6) is 0 Å². The molecule has 0 radical (unpaired) electrons. The Balaban J connectivity index is 1.38. The quantitative estimate of drug-likeness (QED) is 0.559. The molecular weight excluding hydrogens is 486 g/mol. The number of nitrogens with one attached hydrogen (secondary N) is 1. The van der Waals surface area contributed by atoms with Crippen molar-refractivity contribution in [2.75, 3.05) is 12.3 Å². The smallest absolute Gasteiger partial charge is 0.259 e. The molecule has 3 N–H and O–H groups in total. The zero-order chi connectivity index (χ0) is 25.2. The number of sulfonamides is 1. The molecule has 0 fully saturated rings. The first kappa shape index (κ1) is 25.1. The SMILES string of the molecule is CC[C@H](C)[C@@H]1N=C2c3ccccc3N=C(SCC(=O)NCCc3ccc(S(N)(=O)=O)cc3)N2C1=O. The van der Waals surface area contributed by atoms with Gasteiger partial charge in [-0.2, -0.15) is 0 Å². The van der Waals surface area contributed by atoms with Crippen molar-refractivity contribution >= 4 is 50.3 Å². The van der Waals surface area contributed by atoms with E-state index in [-0.39, 0.29) is 28.4 Å². The second-order valence-electron chi connectivity index (χ2n) is 8.45. The van der Waals surface area contributed by atoms with E-state index in [1.807, 2.05) is 38.1 Å². The van der Waals surface area contributed by atoms with Crippen LogP contribution in [0.4, 0.5) is 5.69 Å². The molecule has 2 aromatic carbocycles. The summed E-state index contributed by atoms with van der Waals surface area (Å²) in [5, 5.41) is 8.41. The van der Waals surface area contributed by atoms with E-state index in [1.54, 1.807) is 17.0 Å². The number of hydrogen-bond acceptors (Lipinski definition) is 7. The molecule has 2 aliphatic heterocycles. The van der Waals surface area contributed by atoms with Crippen molar-refractivity contribution in [1.82, 2.24) is 10.2 Å². The number of rotatable bonds is 8. The number of amides is 2. The number of carbonyl (C=O) groups is 2. The molecule has 0 bridgehead atoms. The Labute approximate surface area is 209 Å². The van der Waals surface area contributed by atoms with Gasteiger partial charge < -0.3 is 5.32 Å². The summed E-state index contributed by atoms with van der Waals surface area (Å²) in [7, 11) is -3.73. The molecule has 0 saturated heterocycles. The summed E-state index contributed by atoms with van der Waals surface area (Å²) in [6, 6.07) is 13.3. The molecule has 2 aliphatic rings. The van der Waals surface area contributed by atoms with Gasteiger partial charge in [0.2, 0.25) is 15.9 Å². The Hall–Kier alpha value is -3.02. The minimum absolute atomic E-state index is 0.0476. The van der Waals surface area contributed by atoms with Crippen LogP contribution >= 0.6 is 11.8 Å². The highest BCUT2D eigenvalue weighted by Gasteiger charge is 2.43. The summed E-state index contributed by atoms with van der Waals surface area (Å²) >= 11 is 1.20. The first-order valence-corrected chi connectivity index (χ1v) is 13.8. The molecule has 2 aromatic rings. The van der Waals surface area contributed by atoms with Crippen molar-refractivity contribution in [2.24, 2.45) is 21.0 Å². The van der Waals surface area contributed by atoms with E-state index in [2.05, 4.69) is 10.3 Å². The van der Waals surface area contributed by atoms with E-state index in [0.29, 0.717) is 24.0 Å². The average Bonchev–Trinajstić information content (AvgIpc) is 3.19. The van der Waals surface area contributed by atoms with Crippen LogP contribution in [-0.2, 0) is 26.0 Å². The molecule has 11 heteroatoms. The lowest BCUT2D eigenvalue weighted by atomic mass is 10.00. The third-order valence-electron chi connectivity index (χ3n) is 6.00. The molecule has 9 nitrogen and oxygen atoms in total. The van der Waals surface area contributed by atoms with Crippen molar-refractivity contribution < 1.29 is 18.0 Å². The van der Waals surface area contributed by atoms with E-state index in [0.717, 1.165) is 23.2 Å². The van der Waals surface area contributed by atoms with E-state index in [1.165, 1.54) is 23.9 Å². The number of carbonyl (C=O) groups excluding carboxylic acids is 2. The Morgan fingerprint density at radius 1 is 1.20 bits per heavy atom. The van der Waals surface area contributed by atoms with Crippen LogP contribution in [0.3, 0.4) is 0 Å². The maximum absolute atomic E-state index is 13.2. The van der Waals surface area contributed by atoms with Gasteiger partial charge in [0.15, 0.2) is 5.17 Å². The fourth-order valence-corrected chi connectivity index (χ4v) is 5.18. The standard InChI is InChI=1S/C24H27N5O4S2/c1-3-15(2)21-23(31)29-22(28-21)18-6-4-5-7-19(18)27-24(29)34-14-20(30)26-13-12-16-8-10-17(11-9-16)35(25,32)33/h4-11,15,21H,3,12-14H2,1-2H3,(H,26,30)(H2,25,32,33)/t15-,21-/m0/s1. The van der Waals surface area contributed by atoms with Crippen LogP contribution in [0.25, 0.3) is 0 Å². The summed E-state index contributed by atoms with van der Waals surface area (Å²) in [5.41, 5.74) is 2.41. The largest absolute Gasteiger partial charge is 0.355 e. The first-order chi connectivity index (χ1) is 16.7. The highest BCUT2D eigenvalue weighted by atomic mass is 32.2. The Morgan fingerprint density at radius 2 is 1.91 bits per heavy atom. The molecular formula is C24H27N5O4S2. The zero-order valence-electron chi connectivity index (χ0n) is 19.5. The van der Waals surface area contributed by atoms with Gasteiger partial charge in [0.1, 0.15) is 11.9 Å². The number of hydrogen-bond donors (Lipinski definition) is 2. The third kappa shape index (κ3) is 5.47. The number of primary sulfonamides is 1. The number of aliphatic imine (C=N–C) groups is 2. The Morgan fingerprint density at radius 3 is 2.60 bits per heavy atom. The van der Waals surface area contributed by atoms with Crippen LogP contribution in [0.15, 0.2) is 63.4 Å². The van der Waals surface area contributed by atoms with Gasteiger partial charge in [0, 0.05) is 12.1 Å². The van der Waals surface area contributed by atoms with E-state index in [4.69, 9.17) is 10.1 Å². The van der Waals surface area contributed by atoms with Crippen molar-refractivity contribution in [2.45, 2.75) is 37.6 Å². The molecule has 2 amide bonds. The van der Waals surface area contributed by atoms with Crippen LogP contribution in [0.1, 0.15) is 31.4 Å². The average molecular weight is 514 g/mol. The summed E-state index contributed by atoms with van der Waals surface area (Å²) in [4.78, 5) is 36.7. The molecule has 0 spiro atoms. The highest BCUT2D eigenvalue weighted by molar-refractivity contribution is 8.14. The number of fused-ring (bicyclic) bond motifs is 3. The lowest BCUT2D eigenvalue weighted by Crippen LogP contribution is -2.42. The number of thioether (sulfide) groups is 1. The maximum Gasteiger partial charge on any atom is 0.259 e. The van der Waals surface area contributed by atoms with Crippen LogP contribution in [-0.4, -0.2) is 54.5 Å². The second-order valence-corrected chi connectivity index (χ2v) is 10.9. The minimum Gasteiger partial charge on any atom is -0.355 e. The van der Waals surface area contributed by atoms with Crippen molar-refractivity contribution in [3.63, 3.8) is 0 Å². The second kappa shape index (κ2) is 10.3. The summed E-state index contributed by atoms with van der Waals surface area (Å²) in [6.07, 6.45) is 1.36. The van der Waals surface area contributed by atoms with Gasteiger partial charge in [-0.15, -0.1) is 0 Å². The number of nitrogens with two attached hydrogens (primary N) is 1. The summed E-state index contributed by atoms with van der Waals surface area (Å²) < 4.78 is 22.7. The van der Waals surface area contributed by atoms with E-state index < -0.39 is 16.1 Å². The molecule has 0 aliphatic carbocycles. The van der Waals surface area contributed by atoms with Gasteiger partial charge in [0.25, 0.3) is 5.91 Å². The number of amidine groups is 2. The summed E-state index contributed by atoms with van der Waals surface area (Å²) in [5.74, 6) is 0.481. The lowest BCUT2D eigenvalue weighted by molar-refractivity contribution is -0.125. The molecule has 0 unspecified atom stereocenters. The van der Waals surface area contributed by atoms with Gasteiger partial charge in [-0.3, -0.25) is 14.6 Å². The fraction of sp³-hybridized carbons (Fsp3) is 0.333. The topological polar surface area (TPSA) is 134 Å². The van der Waals surface area contributed by atoms with Crippen molar-refractivity contribution in [1.29, 1.82) is 0 Å². The van der Waals surface area contributed by atoms with Crippen molar-refractivity contribution in [3.05, 3.63) is 59.7 Å². The van der Waals surface area contributed by atoms with E-state index in [9.17, 15) is 18.0 Å². The monoisotopic (exact) mass is 513 g/mol. The number of benzene rings is 2. The maximum atomic E-state index is 13.2. The highest BCUT2D eigenvalue weighted by Crippen LogP contribution is 2.35. The van der Waals surface area contributed by atoms with Crippen LogP contribution in [0, 0.1) is 5.92 Å². The molecule has 0 aromatic heterocycles. The molecule has 35 heavy (non-hydrogen) atoms. The van der Waals surface area contributed by atoms with Crippen LogP contribution in [0.2, 0.25) is 0 Å². The molecule has 4 rings (SSSR count). The van der Waals surface area contributed by atoms with Crippen molar-refractivity contribution in [3.8, 4) is 0 Å². The Bertz CT molecular complexity index is 1310. The van der Waals surface area contributed by atoms with Gasteiger partial charge in [-0.05, 0) is 42.2 Å². The molecule has 2 atom stereocenters. The molecule has 2 heterocycles. The third-order valence-corrected chi connectivity index (χ3v) is 7.87. The minimum atomic E-state index is -3.73. The lowest BCUT2D eigenvalue weighted by Gasteiger charge is -2.25. The Kier molecular flexibility index (Phi) is 7.39. The fourth-order valence-electron chi connectivity index (χ4n) is 3.83. The normalized spacial score (nSPS) is 17.9. The molecule has 0 saturated carbocycles. The van der Waals surface area contributed by atoms with Gasteiger partial charge >= 0.3 is 0 Å². The predicted molar refractivity (Wildman–Crippen MR) is 137 cm³/mol. The van der Waals surface area contributed by atoms with Gasteiger partial charge in [0.05, 0.1) is 16.3 Å².